The van der Waals surface area contributed by atoms with Crippen LogP contribution in [0.1, 0.15) is 58.8 Å². The van der Waals surface area contributed by atoms with Crippen molar-refractivity contribution in [3.63, 3.8) is 0 Å². The first-order chi connectivity index (χ1) is 7.57. The van der Waals surface area contributed by atoms with Crippen molar-refractivity contribution in [2.75, 3.05) is 5.75 Å². The van der Waals surface area contributed by atoms with Gasteiger partial charge < -0.3 is 5.11 Å². The minimum absolute atomic E-state index is 0.0163. The maximum absolute atomic E-state index is 11.6. The smallest absolute Gasteiger partial charge is 0.304 e. The molecule has 2 unspecified atom stereocenters. The number of unbranched alkanes of at least 4 members (excludes halogenated alkanes) is 5. The lowest BCUT2D eigenvalue weighted by molar-refractivity contribution is -0.136. The fraction of sp³-hybridized carbons (Fsp3) is 0.917. The molecule has 0 fully saturated rings. The van der Waals surface area contributed by atoms with Gasteiger partial charge in [-0.15, -0.1) is 0 Å². The van der Waals surface area contributed by atoms with Gasteiger partial charge in [-0.05, 0) is 6.42 Å². The molecule has 0 bridgehead atoms. The molecule has 0 aliphatic carbocycles. The average Bonchev–Trinajstić information content (AvgIpc) is 2.21. The third kappa shape index (κ3) is 8.89. The topological polar surface area (TPSA) is 54.4 Å². The Kier molecular flexibility index (Phi) is 9.59. The van der Waals surface area contributed by atoms with Crippen LogP contribution in [-0.2, 0) is 15.6 Å². The van der Waals surface area contributed by atoms with Crippen LogP contribution in [0.15, 0.2) is 0 Å². The Labute approximate surface area is 101 Å². The zero-order valence-corrected chi connectivity index (χ0v) is 11.2. The molecule has 1 N–H and O–H groups in total. The highest BCUT2D eigenvalue weighted by molar-refractivity contribution is 7.85. The van der Waals surface area contributed by atoms with E-state index in [2.05, 4.69) is 6.92 Å². The van der Waals surface area contributed by atoms with Gasteiger partial charge in [-0.1, -0.05) is 46.0 Å². The van der Waals surface area contributed by atoms with E-state index in [1.54, 1.807) is 6.92 Å². The summed E-state index contributed by atoms with van der Waals surface area (Å²) in [7, 11) is -0.973. The predicted molar refractivity (Wildman–Crippen MR) is 68.1 cm³/mol. The van der Waals surface area contributed by atoms with Crippen molar-refractivity contribution < 1.29 is 14.1 Å². The highest BCUT2D eigenvalue weighted by atomic mass is 32.2. The number of carbonyl (C=O) groups is 1. The Morgan fingerprint density at radius 2 is 1.75 bits per heavy atom. The molecule has 0 rings (SSSR count). The van der Waals surface area contributed by atoms with Gasteiger partial charge in [0.25, 0.3) is 0 Å². The molecular weight excluding hydrogens is 224 g/mol. The highest BCUT2D eigenvalue weighted by Crippen LogP contribution is 2.08. The molecule has 0 aromatic heterocycles. The summed E-state index contributed by atoms with van der Waals surface area (Å²) in [4.78, 5) is 10.4. The molecular formula is C12H24O3S. The van der Waals surface area contributed by atoms with Crippen molar-refractivity contribution in [3.05, 3.63) is 0 Å². The van der Waals surface area contributed by atoms with Crippen LogP contribution in [0.4, 0.5) is 0 Å². The zero-order chi connectivity index (χ0) is 12.4. The molecule has 0 saturated heterocycles. The second-order valence-electron chi connectivity index (χ2n) is 4.26. The lowest BCUT2D eigenvalue weighted by Crippen LogP contribution is -2.18. The van der Waals surface area contributed by atoms with E-state index in [0.717, 1.165) is 12.8 Å². The third-order valence-electron chi connectivity index (χ3n) is 2.61. The van der Waals surface area contributed by atoms with Crippen LogP contribution in [0, 0.1) is 0 Å². The zero-order valence-electron chi connectivity index (χ0n) is 10.4. The number of rotatable bonds is 10. The van der Waals surface area contributed by atoms with Gasteiger partial charge in [-0.3, -0.25) is 9.00 Å². The van der Waals surface area contributed by atoms with Gasteiger partial charge in [0.2, 0.25) is 0 Å². The van der Waals surface area contributed by atoms with Gasteiger partial charge in [0.05, 0.1) is 6.42 Å². The standard InChI is InChI=1S/C12H24O3S/c1-3-4-5-6-7-8-9-16(15)11(2)10-12(13)14/h11H,3-10H2,1-2H3,(H,13,14). The van der Waals surface area contributed by atoms with Gasteiger partial charge in [0, 0.05) is 21.8 Å². The Morgan fingerprint density at radius 3 is 2.31 bits per heavy atom. The Morgan fingerprint density at radius 1 is 1.19 bits per heavy atom. The first-order valence-electron chi connectivity index (χ1n) is 6.17. The van der Waals surface area contributed by atoms with Gasteiger partial charge in [0.1, 0.15) is 0 Å². The molecule has 0 aromatic carbocycles. The van der Waals surface area contributed by atoms with Crippen LogP contribution in [-0.4, -0.2) is 26.3 Å². The van der Waals surface area contributed by atoms with Crippen LogP contribution >= 0.6 is 0 Å². The number of hydrogen-bond donors (Lipinski definition) is 1. The SMILES string of the molecule is CCCCCCCCS(=O)C(C)CC(=O)O. The summed E-state index contributed by atoms with van der Waals surface area (Å²) in [5, 5.41) is 8.35. The summed E-state index contributed by atoms with van der Waals surface area (Å²) in [6, 6.07) is 0. The average molecular weight is 248 g/mol. The van der Waals surface area contributed by atoms with Crippen molar-refractivity contribution in [1.29, 1.82) is 0 Å². The van der Waals surface area contributed by atoms with Gasteiger partial charge in [-0.2, -0.15) is 0 Å². The molecule has 0 aliphatic heterocycles. The Bertz CT molecular complexity index is 216. The summed E-state index contributed by atoms with van der Waals surface area (Å²) in [6.45, 7) is 3.93. The third-order valence-corrected chi connectivity index (χ3v) is 4.37. The van der Waals surface area contributed by atoms with Gasteiger partial charge in [0.15, 0.2) is 0 Å². The summed E-state index contributed by atoms with van der Waals surface area (Å²) in [5.41, 5.74) is 0. The largest absolute Gasteiger partial charge is 0.481 e. The number of carboxylic acid groups (broad SMARTS) is 1. The first-order valence-corrected chi connectivity index (χ1v) is 7.55. The van der Waals surface area contributed by atoms with Gasteiger partial charge in [-0.25, -0.2) is 0 Å². The van der Waals surface area contributed by atoms with E-state index in [-0.39, 0.29) is 11.7 Å². The first kappa shape index (κ1) is 15.6. The van der Waals surface area contributed by atoms with Crippen LogP contribution in [0.5, 0.6) is 0 Å². The van der Waals surface area contributed by atoms with Crippen LogP contribution in [0.25, 0.3) is 0 Å². The van der Waals surface area contributed by atoms with Crippen molar-refractivity contribution in [1.82, 2.24) is 0 Å². The molecule has 2 atom stereocenters. The molecule has 16 heavy (non-hydrogen) atoms. The highest BCUT2D eigenvalue weighted by Gasteiger charge is 2.14. The van der Waals surface area contributed by atoms with Crippen molar-refractivity contribution in [2.24, 2.45) is 0 Å². The second kappa shape index (κ2) is 9.82. The monoisotopic (exact) mass is 248 g/mol. The quantitative estimate of drug-likeness (QED) is 0.605. The van der Waals surface area contributed by atoms with Crippen LogP contribution in [0.3, 0.4) is 0 Å². The molecule has 0 aromatic rings. The molecule has 4 heteroatoms. The Balaban J connectivity index is 3.46. The van der Waals surface area contributed by atoms with E-state index in [1.165, 1.54) is 25.7 Å². The molecule has 96 valence electrons. The summed E-state index contributed by atoms with van der Waals surface area (Å²) in [6.07, 6.45) is 7.07. The number of aliphatic carboxylic acids is 1. The van der Waals surface area contributed by atoms with Crippen molar-refractivity contribution in [2.45, 2.75) is 64.0 Å². The minimum atomic E-state index is -0.973. The fourth-order valence-corrected chi connectivity index (χ4v) is 2.78. The van der Waals surface area contributed by atoms with Crippen molar-refractivity contribution >= 4 is 16.8 Å². The molecule has 0 radical (unpaired) electrons. The molecule has 3 nitrogen and oxygen atoms in total. The molecule has 0 spiro atoms. The molecule has 0 amide bonds. The van der Waals surface area contributed by atoms with Crippen LogP contribution in [0.2, 0.25) is 0 Å². The number of carboxylic acids is 1. The summed E-state index contributed by atoms with van der Waals surface area (Å²) >= 11 is 0. The number of hydrogen-bond acceptors (Lipinski definition) is 2. The van der Waals surface area contributed by atoms with Crippen LogP contribution < -0.4 is 0 Å². The normalized spacial score (nSPS) is 14.6. The second-order valence-corrected chi connectivity index (χ2v) is 6.24. The van der Waals surface area contributed by atoms with E-state index >= 15 is 0 Å². The summed E-state index contributed by atoms with van der Waals surface area (Å²) < 4.78 is 11.6. The summed E-state index contributed by atoms with van der Waals surface area (Å²) in [5.74, 6) is -0.204. The minimum Gasteiger partial charge on any atom is -0.481 e. The van der Waals surface area contributed by atoms with Gasteiger partial charge >= 0.3 is 5.97 Å². The fourth-order valence-electron chi connectivity index (χ4n) is 1.56. The maximum Gasteiger partial charge on any atom is 0.304 e. The Hall–Kier alpha value is -0.380. The van der Waals surface area contributed by atoms with E-state index in [1.807, 2.05) is 0 Å². The van der Waals surface area contributed by atoms with Crippen molar-refractivity contribution in [3.8, 4) is 0 Å². The van der Waals surface area contributed by atoms with E-state index in [0.29, 0.717) is 5.75 Å². The van der Waals surface area contributed by atoms with E-state index in [4.69, 9.17) is 5.11 Å². The van der Waals surface area contributed by atoms with E-state index in [9.17, 15) is 9.00 Å². The molecule has 0 heterocycles. The van der Waals surface area contributed by atoms with E-state index < -0.39 is 16.8 Å². The maximum atomic E-state index is 11.6. The molecule has 0 aliphatic rings. The lowest BCUT2D eigenvalue weighted by Gasteiger charge is -2.08. The lowest BCUT2D eigenvalue weighted by atomic mass is 10.1. The predicted octanol–water partition coefficient (Wildman–Crippen LogP) is 2.96. The molecule has 0 saturated carbocycles.